The van der Waals surface area contributed by atoms with E-state index in [1.54, 1.807) is 24.7 Å². The van der Waals surface area contributed by atoms with Gasteiger partial charge in [0.1, 0.15) is 5.82 Å². The van der Waals surface area contributed by atoms with E-state index in [4.69, 9.17) is 44.9 Å². The normalized spacial score (nSPS) is 12.7. The van der Waals surface area contributed by atoms with E-state index >= 15 is 0 Å². The lowest BCUT2D eigenvalue weighted by Gasteiger charge is -2.21. The number of aromatic nitrogens is 14. The summed E-state index contributed by atoms with van der Waals surface area (Å²) >= 11 is 0. The second kappa shape index (κ2) is 34.7. The minimum Gasteiger partial charge on any atom is -0.309 e. The predicted octanol–water partition coefficient (Wildman–Crippen LogP) is 33.4. The lowest BCUT2D eigenvalue weighted by Crippen LogP contribution is -2.15. The molecule has 0 atom stereocenters. The molecule has 20 aromatic carbocycles. The van der Waals surface area contributed by atoms with Gasteiger partial charge in [0.05, 0.1) is 66.3 Å². The molecule has 0 aliphatic heterocycles. The quantitative estimate of drug-likeness (QED) is 0.122. The SMILES string of the molecule is CC1(C)c2ccccc2-c2ccc(-c3nc(-n4c5ccc(-c6ccccc6)cc5c5cc6ccccc6cc54)c4nccnc4n3)cc21.[2H]c1c([2H])c(-c2cccc3cccnc23)c([2H])c([2H])c1-c1nc(-n2c3cc4ccccc4cc3c3c(-c4ccccc4)cccc32)c2ccccc2n1.c1ccc(-c2ccc3c(c2)c2cc4ccccc4cc2n3-c2nc(-c3ccc4c5ccccc5n(-c5ccccc5)c4c3)c3cccnc3n2)cc1. The smallest absolute Gasteiger partial charge is 0.237 e. The van der Waals surface area contributed by atoms with Crippen LogP contribution in [0.3, 0.4) is 0 Å². The highest BCUT2D eigenvalue weighted by Crippen LogP contribution is 2.52. The summed E-state index contributed by atoms with van der Waals surface area (Å²) in [4.78, 5) is 49.9. The largest absolute Gasteiger partial charge is 0.309 e. The third-order valence-corrected chi connectivity index (χ3v) is 29.8. The topological polar surface area (TPSA) is 149 Å². The van der Waals surface area contributed by atoms with Crippen LogP contribution in [0.15, 0.2) is 486 Å². The molecule has 0 unspecified atom stereocenters. The molecule has 10 heterocycles. The Kier molecular flexibility index (Phi) is 19.0. The summed E-state index contributed by atoms with van der Waals surface area (Å²) in [5.41, 5.74) is 28.2. The number of benzene rings is 20. The number of hydrogen-bond acceptors (Lipinski definition) is 10. The first-order valence-corrected chi connectivity index (χ1v) is 50.0. The van der Waals surface area contributed by atoms with E-state index in [-0.39, 0.29) is 46.5 Å². The monoisotopic (exact) mass is 1910 g/mol. The number of pyridine rings is 2. The van der Waals surface area contributed by atoms with Crippen molar-refractivity contribution in [3.8, 4) is 113 Å². The van der Waals surface area contributed by atoms with E-state index in [9.17, 15) is 5.48 Å². The summed E-state index contributed by atoms with van der Waals surface area (Å²) in [6.07, 6.45) is 6.91. The molecular weight excluding hydrogens is 1820 g/mol. The average molecular weight is 1910 g/mol. The van der Waals surface area contributed by atoms with Gasteiger partial charge in [0.15, 0.2) is 34.3 Å². The van der Waals surface area contributed by atoms with Crippen molar-refractivity contribution in [2.45, 2.75) is 19.3 Å². The molecule has 30 aromatic rings. The van der Waals surface area contributed by atoms with Crippen LogP contribution in [0, 0.1) is 0 Å². The van der Waals surface area contributed by atoms with Gasteiger partial charge in [-0.3, -0.25) is 18.7 Å². The van der Waals surface area contributed by atoms with Gasteiger partial charge in [-0.2, -0.15) is 4.98 Å². The van der Waals surface area contributed by atoms with E-state index in [2.05, 4.69) is 389 Å². The molecule has 31 rings (SSSR count). The minimum absolute atomic E-state index is 0.0418. The first kappa shape index (κ1) is 81.6. The fourth-order valence-corrected chi connectivity index (χ4v) is 22.7. The zero-order valence-corrected chi connectivity index (χ0v) is 80.6. The minimum atomic E-state index is -0.213. The van der Waals surface area contributed by atoms with Crippen LogP contribution in [0.4, 0.5) is 0 Å². The molecule has 0 bridgehead atoms. The van der Waals surface area contributed by atoms with Gasteiger partial charge in [-0.05, 0) is 221 Å². The van der Waals surface area contributed by atoms with E-state index in [1.807, 2.05) is 85.1 Å². The van der Waals surface area contributed by atoms with Crippen LogP contribution in [0.25, 0.3) is 276 Å². The number of nitrogens with zero attached hydrogens (tertiary/aromatic N) is 14. The Hall–Kier alpha value is -20.0. The molecule has 1 aliphatic rings. The lowest BCUT2D eigenvalue weighted by atomic mass is 9.82. The Balaban J connectivity index is 0.000000107. The Bertz CT molecular complexity index is 11000. The van der Waals surface area contributed by atoms with Gasteiger partial charge in [0, 0.05) is 117 Å². The van der Waals surface area contributed by atoms with Crippen LogP contribution < -0.4 is 0 Å². The molecule has 0 N–H and O–H groups in total. The zero-order chi connectivity index (χ0) is 102. The number of fused-ring (bicyclic) bond motifs is 22. The van der Waals surface area contributed by atoms with Crippen molar-refractivity contribution in [2.24, 2.45) is 0 Å². The molecule has 0 amide bonds. The summed E-state index contributed by atoms with van der Waals surface area (Å²) in [5.74, 6) is 2.64. The van der Waals surface area contributed by atoms with Gasteiger partial charge in [-0.1, -0.05) is 347 Å². The third-order valence-electron chi connectivity index (χ3n) is 29.8. The van der Waals surface area contributed by atoms with Gasteiger partial charge in [-0.25, -0.2) is 39.9 Å². The third kappa shape index (κ3) is 14.3. The van der Waals surface area contributed by atoms with Crippen LogP contribution >= 0.6 is 0 Å². The molecule has 1 aliphatic carbocycles. The van der Waals surface area contributed by atoms with Crippen molar-refractivity contribution < 1.29 is 5.48 Å². The van der Waals surface area contributed by atoms with Gasteiger partial charge < -0.3 is 4.57 Å². The van der Waals surface area contributed by atoms with Gasteiger partial charge in [0.25, 0.3) is 0 Å². The molecule has 10 aromatic heterocycles. The van der Waals surface area contributed by atoms with Crippen molar-refractivity contribution in [2.75, 3.05) is 0 Å². The van der Waals surface area contributed by atoms with Crippen molar-refractivity contribution in [3.63, 3.8) is 0 Å². The molecule has 0 spiro atoms. The molecule has 0 saturated carbocycles. The maximum absolute atomic E-state index is 9.30. The van der Waals surface area contributed by atoms with Crippen LogP contribution in [0.1, 0.15) is 30.5 Å². The molecule has 149 heavy (non-hydrogen) atoms. The average Bonchev–Trinajstić information content (AvgIpc) is 1.53. The highest BCUT2D eigenvalue weighted by molar-refractivity contribution is 6.21. The standard InChI is InChI=1S/C47H29N5.C45H28N4.C43H29N5/c1-3-12-30(13-4-1)33-22-24-42-39(27-33)40-26-31-14-7-8-15-32(31)28-44(40)52(42)47-49-45(38-19-11-25-48-46(38)50-47)34-21-23-37-36-18-9-10-20-41(36)51(43(37)29-34)35-16-5-2-6-17-35;1-2-11-29(12-3-1)35-18-9-21-40-42(35)38-27-33-13-4-5-14-34(33)28-41(38)49(40)45-37-17-6-7-20-39(37)47-44(48-45)32-24-22-30(23-25-32)36-19-8-15-31-16-10-26-46-43(31)36;1-43(2)35-15-9-8-14-31(35)32-18-16-30(24-36(32)43)40-46-41-39(44-20-21-45-41)42(47-40)48-37-19-17-29(26-10-4-3-5-11-26)23-33(37)34-22-27-12-6-7-13-28(27)25-38(34)48/h1-29H;1-28H;3-25H,1-2H3/i;22D,23D,24D,25D;. The lowest BCUT2D eigenvalue weighted by molar-refractivity contribution is 0.660. The van der Waals surface area contributed by atoms with Crippen LogP contribution in [-0.2, 0) is 5.41 Å². The van der Waals surface area contributed by atoms with Crippen LogP contribution in [-0.4, -0.2) is 68.1 Å². The zero-order valence-electron chi connectivity index (χ0n) is 84.6. The maximum atomic E-state index is 9.30. The van der Waals surface area contributed by atoms with Gasteiger partial charge >= 0.3 is 0 Å². The van der Waals surface area contributed by atoms with E-state index in [0.717, 1.165) is 132 Å². The van der Waals surface area contributed by atoms with E-state index < -0.39 is 0 Å². The first-order valence-electron chi connectivity index (χ1n) is 52.0. The van der Waals surface area contributed by atoms with Crippen molar-refractivity contribution >= 4 is 164 Å². The summed E-state index contributed by atoms with van der Waals surface area (Å²) in [6, 6.07) is 152. The highest BCUT2D eigenvalue weighted by Gasteiger charge is 2.36. The van der Waals surface area contributed by atoms with Gasteiger partial charge in [0.2, 0.25) is 5.95 Å². The summed E-state index contributed by atoms with van der Waals surface area (Å²) in [6.45, 7) is 4.59. The second-order valence-electron chi connectivity index (χ2n) is 38.6. The number of hydrogen-bond donors (Lipinski definition) is 0. The molecule has 14 nitrogen and oxygen atoms in total. The molecule has 14 heteroatoms. The predicted molar refractivity (Wildman–Crippen MR) is 613 cm³/mol. The Morgan fingerprint density at radius 3 is 1.40 bits per heavy atom. The fraction of sp³-hybridized carbons (Fsp3) is 0.0222. The molecule has 0 radical (unpaired) electrons. The second-order valence-corrected chi connectivity index (χ2v) is 38.6. The van der Waals surface area contributed by atoms with Gasteiger partial charge in [-0.15, -0.1) is 0 Å². The Morgan fingerprint density at radius 2 is 0.685 bits per heavy atom. The number of para-hydroxylation sites is 4. The summed E-state index contributed by atoms with van der Waals surface area (Å²) < 4.78 is 46.0. The van der Waals surface area contributed by atoms with Crippen molar-refractivity contribution in [3.05, 3.63) is 497 Å². The fourth-order valence-electron chi connectivity index (χ4n) is 22.7. The molecular formula is C135H86N14. The van der Waals surface area contributed by atoms with Crippen molar-refractivity contribution in [1.82, 2.24) is 68.1 Å². The Labute approximate surface area is 860 Å². The van der Waals surface area contributed by atoms with Crippen LogP contribution in [0.2, 0.25) is 0 Å². The van der Waals surface area contributed by atoms with E-state index in [0.29, 0.717) is 56.8 Å². The van der Waals surface area contributed by atoms with E-state index in [1.165, 1.54) is 82.3 Å². The van der Waals surface area contributed by atoms with Crippen LogP contribution in [0.5, 0.6) is 0 Å². The summed E-state index contributed by atoms with van der Waals surface area (Å²) in [5, 5.41) is 18.7. The number of rotatable bonds is 11. The highest BCUT2D eigenvalue weighted by atomic mass is 15.2. The first-order chi connectivity index (χ1) is 75.3. The van der Waals surface area contributed by atoms with Crippen molar-refractivity contribution in [1.29, 1.82) is 0 Å². The molecule has 0 saturated heterocycles. The summed E-state index contributed by atoms with van der Waals surface area (Å²) in [7, 11) is 0. The molecule has 696 valence electrons. The Morgan fingerprint density at radius 1 is 0.221 bits per heavy atom. The molecule has 0 fully saturated rings. The maximum Gasteiger partial charge on any atom is 0.237 e.